The molecule has 0 spiro atoms. The predicted octanol–water partition coefficient (Wildman–Crippen LogP) is 1.34. The van der Waals surface area contributed by atoms with Gasteiger partial charge in [-0.05, 0) is 31.3 Å². The Labute approximate surface area is 119 Å². The molecule has 18 heavy (non-hydrogen) atoms. The van der Waals surface area contributed by atoms with E-state index in [0.29, 0.717) is 25.6 Å². The largest absolute Gasteiger partial charge is 0.316 e. The molecule has 1 N–H and O–H groups in total. The highest BCUT2D eigenvalue weighted by Gasteiger charge is 2.30. The molecule has 4 nitrogen and oxygen atoms in total. The normalized spacial score (nSPS) is 20.8. The second-order valence-electron chi connectivity index (χ2n) is 4.28. The molecule has 1 unspecified atom stereocenters. The van der Waals surface area contributed by atoms with Crippen molar-refractivity contribution in [1.82, 2.24) is 9.62 Å². The number of hydrogen-bond acceptors (Lipinski definition) is 4. The Morgan fingerprint density at radius 3 is 2.89 bits per heavy atom. The predicted molar refractivity (Wildman–Crippen MR) is 78.1 cm³/mol. The van der Waals surface area contributed by atoms with Crippen LogP contribution in [0.25, 0.3) is 0 Å². The number of aryl methyl sites for hydroxylation is 1. The second kappa shape index (κ2) is 6.86. The van der Waals surface area contributed by atoms with Crippen molar-refractivity contribution in [2.45, 2.75) is 18.9 Å². The third-order valence-corrected chi connectivity index (χ3v) is 5.91. The van der Waals surface area contributed by atoms with E-state index in [0.717, 1.165) is 11.3 Å². The van der Waals surface area contributed by atoms with Crippen LogP contribution in [0.4, 0.5) is 0 Å². The highest BCUT2D eigenvalue weighted by molar-refractivity contribution is 7.89. The van der Waals surface area contributed by atoms with Crippen molar-refractivity contribution in [3.8, 4) is 0 Å². The van der Waals surface area contributed by atoms with E-state index in [4.69, 9.17) is 0 Å². The molecule has 7 heteroatoms. The van der Waals surface area contributed by atoms with Crippen molar-refractivity contribution in [3.05, 3.63) is 22.4 Å². The van der Waals surface area contributed by atoms with Crippen molar-refractivity contribution in [3.63, 3.8) is 0 Å². The van der Waals surface area contributed by atoms with Crippen LogP contribution in [0.15, 0.2) is 17.5 Å². The van der Waals surface area contributed by atoms with Crippen molar-refractivity contribution in [1.29, 1.82) is 0 Å². The van der Waals surface area contributed by atoms with Crippen LogP contribution in [-0.4, -0.2) is 44.7 Å². The van der Waals surface area contributed by atoms with E-state index >= 15 is 0 Å². The zero-order valence-electron chi connectivity index (χ0n) is 10.3. The molecule has 2 heterocycles. The fraction of sp³-hybridized carbons (Fsp3) is 0.636. The summed E-state index contributed by atoms with van der Waals surface area (Å²) < 4.78 is 25.8. The molecule has 2 rings (SSSR count). The van der Waals surface area contributed by atoms with Crippen LogP contribution in [0.5, 0.6) is 0 Å². The third kappa shape index (κ3) is 3.93. The van der Waals surface area contributed by atoms with E-state index in [1.54, 1.807) is 15.6 Å². The highest BCUT2D eigenvalue weighted by Crippen LogP contribution is 2.16. The van der Waals surface area contributed by atoms with Gasteiger partial charge in [-0.25, -0.2) is 12.7 Å². The van der Waals surface area contributed by atoms with Crippen molar-refractivity contribution in [2.24, 2.45) is 0 Å². The first kappa shape index (κ1) is 15.9. The van der Waals surface area contributed by atoms with Crippen molar-refractivity contribution < 1.29 is 8.42 Å². The topological polar surface area (TPSA) is 49.4 Å². The average Bonchev–Trinajstić information content (AvgIpc) is 2.98. The number of rotatable bonds is 5. The standard InChI is InChI=1S/C11H18N2O2S2.ClH/c1-12-10-4-6-13(9-10)17(14,15)8-5-11-3-2-7-16-11;/h2-3,7,10,12H,4-6,8-9H2,1H3;1H. The zero-order chi connectivity index (χ0) is 12.3. The lowest BCUT2D eigenvalue weighted by Crippen LogP contribution is -2.35. The molecule has 1 aromatic heterocycles. The molecule has 1 fully saturated rings. The molecule has 0 radical (unpaired) electrons. The van der Waals surface area contributed by atoms with Crippen molar-refractivity contribution >= 4 is 33.8 Å². The number of likely N-dealkylation sites (N-methyl/N-ethyl adjacent to an activating group) is 1. The Kier molecular flexibility index (Phi) is 6.07. The zero-order valence-corrected chi connectivity index (χ0v) is 12.8. The summed E-state index contributed by atoms with van der Waals surface area (Å²) in [4.78, 5) is 1.14. The monoisotopic (exact) mass is 310 g/mol. The minimum absolute atomic E-state index is 0. The summed E-state index contributed by atoms with van der Waals surface area (Å²) in [7, 11) is -1.20. The fourth-order valence-electron chi connectivity index (χ4n) is 2.03. The molecule has 1 saturated heterocycles. The summed E-state index contributed by atoms with van der Waals surface area (Å²) >= 11 is 1.62. The van der Waals surface area contributed by atoms with Gasteiger partial charge in [-0.15, -0.1) is 23.7 Å². The van der Waals surface area contributed by atoms with Crippen LogP contribution < -0.4 is 5.32 Å². The van der Waals surface area contributed by atoms with Crippen LogP contribution in [0.3, 0.4) is 0 Å². The third-order valence-electron chi connectivity index (χ3n) is 3.14. The minimum atomic E-state index is -3.08. The smallest absolute Gasteiger partial charge is 0.214 e. The summed E-state index contributed by atoms with van der Waals surface area (Å²) in [5, 5.41) is 5.11. The summed E-state index contributed by atoms with van der Waals surface area (Å²) in [5.41, 5.74) is 0. The lowest BCUT2D eigenvalue weighted by atomic mass is 10.3. The van der Waals surface area contributed by atoms with Crippen LogP contribution in [0, 0.1) is 0 Å². The van der Waals surface area contributed by atoms with E-state index in [9.17, 15) is 8.42 Å². The Balaban J connectivity index is 0.00000162. The maximum absolute atomic E-state index is 12.1. The molecule has 104 valence electrons. The number of sulfonamides is 1. The first-order valence-corrected chi connectivity index (χ1v) is 8.28. The van der Waals surface area contributed by atoms with Crippen LogP contribution in [0.2, 0.25) is 0 Å². The van der Waals surface area contributed by atoms with E-state index < -0.39 is 10.0 Å². The number of hydrogen-bond donors (Lipinski definition) is 1. The summed E-state index contributed by atoms with van der Waals surface area (Å²) in [6, 6.07) is 4.26. The maximum atomic E-state index is 12.1. The highest BCUT2D eigenvalue weighted by atomic mass is 35.5. The first-order chi connectivity index (χ1) is 8.12. The molecule has 1 aromatic rings. The van der Waals surface area contributed by atoms with Gasteiger partial charge in [0.15, 0.2) is 0 Å². The number of thiophene rings is 1. The Morgan fingerprint density at radius 1 is 1.56 bits per heavy atom. The minimum Gasteiger partial charge on any atom is -0.316 e. The van der Waals surface area contributed by atoms with Gasteiger partial charge in [-0.2, -0.15) is 0 Å². The Bertz CT molecular complexity index is 448. The lowest BCUT2D eigenvalue weighted by molar-refractivity contribution is 0.464. The van der Waals surface area contributed by atoms with E-state index in [-0.39, 0.29) is 18.2 Å². The van der Waals surface area contributed by atoms with E-state index in [2.05, 4.69) is 5.32 Å². The summed E-state index contributed by atoms with van der Waals surface area (Å²) in [6.07, 6.45) is 1.54. The molecule has 0 aliphatic carbocycles. The van der Waals surface area contributed by atoms with Gasteiger partial charge < -0.3 is 5.32 Å². The van der Waals surface area contributed by atoms with Gasteiger partial charge in [0.05, 0.1) is 5.75 Å². The quantitative estimate of drug-likeness (QED) is 0.893. The van der Waals surface area contributed by atoms with Gasteiger partial charge in [0.2, 0.25) is 10.0 Å². The number of nitrogens with one attached hydrogen (secondary N) is 1. The summed E-state index contributed by atoms with van der Waals surface area (Å²) in [6.45, 7) is 1.27. The van der Waals surface area contributed by atoms with Crippen molar-refractivity contribution in [2.75, 3.05) is 25.9 Å². The molecular weight excluding hydrogens is 292 g/mol. The van der Waals surface area contributed by atoms with Gasteiger partial charge in [0, 0.05) is 24.0 Å². The van der Waals surface area contributed by atoms with E-state index in [1.807, 2.05) is 24.6 Å². The van der Waals surface area contributed by atoms with Crippen LogP contribution in [0.1, 0.15) is 11.3 Å². The van der Waals surface area contributed by atoms with Gasteiger partial charge in [-0.1, -0.05) is 6.07 Å². The van der Waals surface area contributed by atoms with Gasteiger partial charge in [0.25, 0.3) is 0 Å². The fourth-order valence-corrected chi connectivity index (χ4v) is 4.39. The second-order valence-corrected chi connectivity index (χ2v) is 7.40. The SMILES string of the molecule is CNC1CCN(S(=O)(=O)CCc2cccs2)C1.Cl. The van der Waals surface area contributed by atoms with E-state index in [1.165, 1.54) is 0 Å². The van der Waals surface area contributed by atoms with Crippen LogP contribution >= 0.6 is 23.7 Å². The first-order valence-electron chi connectivity index (χ1n) is 5.79. The van der Waals surface area contributed by atoms with Crippen LogP contribution in [-0.2, 0) is 16.4 Å². The molecule has 0 amide bonds. The molecule has 1 aliphatic rings. The van der Waals surface area contributed by atoms with Gasteiger partial charge in [0.1, 0.15) is 0 Å². The Morgan fingerprint density at radius 2 is 2.33 bits per heavy atom. The molecule has 0 saturated carbocycles. The number of halogens is 1. The molecular formula is C11H19ClN2O2S2. The maximum Gasteiger partial charge on any atom is 0.214 e. The average molecular weight is 311 g/mol. The molecule has 1 atom stereocenters. The van der Waals surface area contributed by atoms with Gasteiger partial charge in [-0.3, -0.25) is 0 Å². The lowest BCUT2D eigenvalue weighted by Gasteiger charge is -2.16. The summed E-state index contributed by atoms with van der Waals surface area (Å²) in [5.74, 6) is 0.226. The molecule has 1 aliphatic heterocycles. The molecule has 0 aromatic carbocycles. The molecule has 0 bridgehead atoms. The van der Waals surface area contributed by atoms with Gasteiger partial charge >= 0.3 is 0 Å². The Hall–Kier alpha value is -0.140. The number of nitrogens with zero attached hydrogens (tertiary/aromatic N) is 1.